The lowest BCUT2D eigenvalue weighted by Crippen LogP contribution is -3.00. The lowest BCUT2D eigenvalue weighted by Gasteiger charge is -2.48. The van der Waals surface area contributed by atoms with Crippen molar-refractivity contribution in [1.82, 2.24) is 4.90 Å². The Morgan fingerprint density at radius 3 is 2.22 bits per heavy atom. The number of hydrogen-bond acceptors (Lipinski definition) is 3. The Kier molecular flexibility index (Phi) is 7.27. The highest BCUT2D eigenvalue weighted by Gasteiger charge is 2.50. The fraction of sp³-hybridized carbons (Fsp3) is 0.462. The summed E-state index contributed by atoms with van der Waals surface area (Å²) in [5, 5.41) is 20.1. The first-order chi connectivity index (χ1) is 14.9. The van der Waals surface area contributed by atoms with E-state index in [0.29, 0.717) is 12.5 Å². The van der Waals surface area contributed by atoms with Gasteiger partial charge in [-0.05, 0) is 67.8 Å². The van der Waals surface area contributed by atoms with Gasteiger partial charge in [-0.1, -0.05) is 49.4 Å². The lowest BCUT2D eigenvalue weighted by molar-refractivity contribution is -0.149. The molecule has 1 saturated carbocycles. The zero-order chi connectivity index (χ0) is 22.1. The average Bonchev–Trinajstić information content (AvgIpc) is 2.80. The van der Waals surface area contributed by atoms with Crippen LogP contribution in [0.25, 0.3) is 0 Å². The molecule has 1 N–H and O–H groups in total. The molecule has 4 rings (SSSR count). The summed E-state index contributed by atoms with van der Waals surface area (Å²) in [6.07, 6.45) is 3.86. The van der Waals surface area contributed by atoms with E-state index in [2.05, 4.69) is 11.0 Å². The molecular weight excluding hydrogens is 427 g/mol. The molecule has 0 unspecified atom stereocenters. The maximum absolute atomic E-state index is 13.3. The van der Waals surface area contributed by atoms with Gasteiger partial charge in [0.15, 0.2) is 0 Å². The molecule has 1 aliphatic carbocycles. The van der Waals surface area contributed by atoms with Gasteiger partial charge in [-0.3, -0.25) is 4.79 Å². The maximum atomic E-state index is 13.3. The van der Waals surface area contributed by atoms with Crippen LogP contribution in [0.2, 0.25) is 0 Å². The molecule has 1 saturated heterocycles. The summed E-state index contributed by atoms with van der Waals surface area (Å²) in [7, 11) is 0. The number of carbonyl (C=O) groups is 1. The van der Waals surface area contributed by atoms with Crippen molar-refractivity contribution in [2.75, 3.05) is 13.1 Å². The number of hydrogen-bond donors (Lipinski definition) is 1. The number of carboxylic acids is 1. The van der Waals surface area contributed by atoms with Crippen molar-refractivity contribution in [2.45, 2.75) is 55.9 Å². The second-order valence-electron chi connectivity index (χ2n) is 9.22. The van der Waals surface area contributed by atoms with Crippen molar-refractivity contribution < 1.29 is 26.7 Å². The minimum Gasteiger partial charge on any atom is -1.00 e. The van der Waals surface area contributed by atoms with Crippen LogP contribution in [0.3, 0.4) is 0 Å². The number of likely N-dealkylation sites (tertiary alicyclic amines) is 1. The van der Waals surface area contributed by atoms with E-state index in [0.717, 1.165) is 49.9 Å². The highest BCUT2D eigenvalue weighted by molar-refractivity contribution is 5.82. The minimum absolute atomic E-state index is 0. The summed E-state index contributed by atoms with van der Waals surface area (Å²) in [5.74, 6) is -1.04. The van der Waals surface area contributed by atoms with E-state index in [1.807, 2.05) is 37.3 Å². The summed E-state index contributed by atoms with van der Waals surface area (Å²) in [6, 6.07) is 18.8. The van der Waals surface area contributed by atoms with Crippen molar-refractivity contribution in [3.8, 4) is 6.07 Å². The van der Waals surface area contributed by atoms with Crippen molar-refractivity contribution in [2.24, 2.45) is 5.92 Å². The number of halogens is 2. The Morgan fingerprint density at radius 1 is 1.06 bits per heavy atom. The fourth-order valence-electron chi connectivity index (χ4n) is 5.80. The molecule has 0 radical (unpaired) electrons. The fourth-order valence-corrected chi connectivity index (χ4v) is 5.80. The Morgan fingerprint density at radius 2 is 1.69 bits per heavy atom. The first-order valence-electron chi connectivity index (χ1n) is 11.1. The summed E-state index contributed by atoms with van der Waals surface area (Å²) < 4.78 is 13.3. The first kappa shape index (κ1) is 24.2. The van der Waals surface area contributed by atoms with Gasteiger partial charge >= 0.3 is 5.97 Å². The Labute approximate surface area is 195 Å². The Balaban J connectivity index is 0.00000289. The van der Waals surface area contributed by atoms with Crippen LogP contribution in [0.4, 0.5) is 4.39 Å². The monoisotopic (exact) mass is 455 g/mol. The van der Waals surface area contributed by atoms with Gasteiger partial charge in [-0.25, -0.2) is 4.39 Å². The number of nitriles is 1. The van der Waals surface area contributed by atoms with Crippen LogP contribution < -0.4 is 12.4 Å². The van der Waals surface area contributed by atoms with Crippen LogP contribution >= 0.6 is 0 Å². The van der Waals surface area contributed by atoms with Crippen molar-refractivity contribution in [3.05, 3.63) is 71.5 Å². The molecule has 1 aliphatic heterocycles. The Hall–Kier alpha value is -2.42. The van der Waals surface area contributed by atoms with Crippen LogP contribution in [-0.4, -0.2) is 35.1 Å². The topological polar surface area (TPSA) is 64.3 Å². The van der Waals surface area contributed by atoms with Crippen molar-refractivity contribution >= 4 is 5.97 Å². The second-order valence-corrected chi connectivity index (χ2v) is 9.22. The molecule has 2 aliphatic rings. The van der Waals surface area contributed by atoms with Crippen LogP contribution in [0.5, 0.6) is 0 Å². The predicted molar refractivity (Wildman–Crippen MR) is 117 cm³/mol. The SMILES string of the molecule is C[C@@H]1CN(C2CCC(C#N)(c3ccc(F)cc3)CC2)CC[C@]1(C(=O)O)c1ccccc1.[Cl-]. The summed E-state index contributed by atoms with van der Waals surface area (Å²) in [6.45, 7) is 3.53. The Bertz CT molecular complexity index is 968. The molecule has 2 aromatic carbocycles. The smallest absolute Gasteiger partial charge is 0.314 e. The van der Waals surface area contributed by atoms with Gasteiger partial charge in [0, 0.05) is 12.6 Å². The molecule has 0 bridgehead atoms. The van der Waals surface area contributed by atoms with Crippen molar-refractivity contribution in [3.63, 3.8) is 0 Å². The van der Waals surface area contributed by atoms with Crippen molar-refractivity contribution in [1.29, 1.82) is 5.26 Å². The van der Waals surface area contributed by atoms with Crippen LogP contribution in [-0.2, 0) is 15.6 Å². The summed E-state index contributed by atoms with van der Waals surface area (Å²) in [5.41, 5.74) is 0.381. The van der Waals surface area contributed by atoms with Crippen LogP contribution in [0.15, 0.2) is 54.6 Å². The largest absolute Gasteiger partial charge is 1.00 e. The molecular formula is C26H29ClFN2O2-. The molecule has 32 heavy (non-hydrogen) atoms. The lowest BCUT2D eigenvalue weighted by atomic mass is 9.65. The molecule has 6 heteroatoms. The summed E-state index contributed by atoms with van der Waals surface area (Å²) >= 11 is 0. The van der Waals surface area contributed by atoms with Gasteiger partial charge < -0.3 is 22.4 Å². The minimum atomic E-state index is -0.850. The van der Waals surface area contributed by atoms with Gasteiger partial charge in [-0.2, -0.15) is 5.26 Å². The highest BCUT2D eigenvalue weighted by atomic mass is 35.5. The predicted octanol–water partition coefficient (Wildman–Crippen LogP) is 1.90. The summed E-state index contributed by atoms with van der Waals surface area (Å²) in [4.78, 5) is 14.8. The third-order valence-corrected chi connectivity index (χ3v) is 7.75. The number of nitrogens with zero attached hydrogens (tertiary/aromatic N) is 2. The molecule has 0 spiro atoms. The zero-order valence-electron chi connectivity index (χ0n) is 18.3. The molecule has 4 nitrogen and oxygen atoms in total. The standard InChI is InChI=1S/C26H29FN2O2.ClH/c1-19-17-29(16-15-26(19,24(30)31)21-5-3-2-4-6-21)23-11-13-25(18-28,14-12-23)20-7-9-22(27)10-8-20;/h2-10,19,23H,11-17H2,1H3,(H,30,31);1H/p-1/t19-,23?,25?,26-;/m1./s1. The number of benzene rings is 2. The van der Waals surface area contributed by atoms with Crippen LogP contribution in [0.1, 0.15) is 50.2 Å². The van der Waals surface area contributed by atoms with Gasteiger partial charge in [-0.15, -0.1) is 0 Å². The van der Waals surface area contributed by atoms with E-state index in [4.69, 9.17) is 0 Å². The molecule has 2 atom stereocenters. The maximum Gasteiger partial charge on any atom is 0.314 e. The van der Waals surface area contributed by atoms with Gasteiger partial charge in [0.05, 0.1) is 16.9 Å². The van der Waals surface area contributed by atoms with E-state index in [1.54, 1.807) is 12.1 Å². The van der Waals surface area contributed by atoms with Gasteiger partial charge in [0.2, 0.25) is 0 Å². The van der Waals surface area contributed by atoms with E-state index in [1.165, 1.54) is 12.1 Å². The number of piperidine rings is 1. The third-order valence-electron chi connectivity index (χ3n) is 7.75. The molecule has 170 valence electrons. The molecule has 0 aromatic heterocycles. The quantitative estimate of drug-likeness (QED) is 0.764. The van der Waals surface area contributed by atoms with E-state index >= 15 is 0 Å². The number of rotatable bonds is 4. The number of carboxylic acid groups (broad SMARTS) is 1. The average molecular weight is 456 g/mol. The van der Waals surface area contributed by atoms with E-state index in [9.17, 15) is 19.6 Å². The molecule has 2 aromatic rings. The molecule has 0 amide bonds. The molecule has 2 fully saturated rings. The zero-order valence-corrected chi connectivity index (χ0v) is 19.1. The van der Waals surface area contributed by atoms with Gasteiger partial charge in [0.1, 0.15) is 5.82 Å². The van der Waals surface area contributed by atoms with E-state index in [-0.39, 0.29) is 24.1 Å². The van der Waals surface area contributed by atoms with Gasteiger partial charge in [0.25, 0.3) is 0 Å². The molecule has 1 heterocycles. The van der Waals surface area contributed by atoms with E-state index < -0.39 is 16.8 Å². The third kappa shape index (κ3) is 4.14. The highest BCUT2D eigenvalue weighted by Crippen LogP contribution is 2.44. The number of aliphatic carboxylic acids is 1. The first-order valence-corrected chi connectivity index (χ1v) is 11.1. The normalized spacial score (nSPS) is 30.7. The van der Waals surface area contributed by atoms with Crippen LogP contribution in [0, 0.1) is 23.1 Å². The second kappa shape index (κ2) is 9.60.